The molecular weight excluding hydrogens is 274 g/mol. The smallest absolute Gasteiger partial charge is 0.194 e. The molecule has 0 aromatic rings. The van der Waals surface area contributed by atoms with Crippen molar-refractivity contribution in [1.29, 1.82) is 0 Å². The number of hydrogen-bond acceptors (Lipinski definition) is 3. The number of nitrogens with two attached hydrogens (primary N) is 1. The maximum Gasteiger partial charge on any atom is 0.194 e. The van der Waals surface area contributed by atoms with Crippen LogP contribution in [0.2, 0.25) is 0 Å². The van der Waals surface area contributed by atoms with Crippen LogP contribution in [-0.2, 0) is 6.42 Å². The standard InChI is InChI=1S/C19H25NO2/c1-4-12-9-15-16(21)10-14(11-17(15)22-18(12)20)13-5-7-19(2,3)8-6-13/h9-11,13H,4-8,20H2,1-3H3. The van der Waals surface area contributed by atoms with Gasteiger partial charge in [-0.1, -0.05) is 20.8 Å². The summed E-state index contributed by atoms with van der Waals surface area (Å²) in [4.78, 5) is 12.4. The molecule has 0 bridgehead atoms. The molecule has 0 unspecified atom stereocenters. The Bertz CT molecular complexity index is 704. The minimum atomic E-state index is 0.0517. The molecule has 0 saturated heterocycles. The average molecular weight is 299 g/mol. The van der Waals surface area contributed by atoms with Gasteiger partial charge in [-0.2, -0.15) is 0 Å². The maximum absolute atomic E-state index is 12.4. The molecule has 1 heterocycles. The highest BCUT2D eigenvalue weighted by Gasteiger charge is 2.28. The van der Waals surface area contributed by atoms with Crippen molar-refractivity contribution in [3.05, 3.63) is 39.5 Å². The van der Waals surface area contributed by atoms with Crippen molar-refractivity contribution in [3.8, 4) is 11.3 Å². The Balaban J connectivity index is 2.00. The molecular formula is C19H25NO2. The van der Waals surface area contributed by atoms with Gasteiger partial charge >= 0.3 is 0 Å². The first kappa shape index (κ1) is 15.1. The number of anilines is 1. The monoisotopic (exact) mass is 299 g/mol. The van der Waals surface area contributed by atoms with Gasteiger partial charge in [0.2, 0.25) is 0 Å². The molecule has 3 rings (SSSR count). The molecule has 1 aliphatic heterocycles. The van der Waals surface area contributed by atoms with Crippen LogP contribution in [0.25, 0.3) is 11.3 Å². The molecule has 3 heteroatoms. The summed E-state index contributed by atoms with van der Waals surface area (Å²) in [5, 5.41) is 0. The quantitative estimate of drug-likeness (QED) is 0.883. The molecule has 0 aromatic heterocycles. The third-order valence-corrected chi connectivity index (χ3v) is 5.17. The highest BCUT2D eigenvalue weighted by molar-refractivity contribution is 5.64. The fraction of sp³-hybridized carbons (Fsp3) is 0.526. The van der Waals surface area contributed by atoms with E-state index in [1.54, 1.807) is 6.07 Å². The van der Waals surface area contributed by atoms with Crippen LogP contribution in [0.5, 0.6) is 0 Å². The number of fused-ring (bicyclic) bond motifs is 1. The van der Waals surface area contributed by atoms with E-state index >= 15 is 0 Å². The van der Waals surface area contributed by atoms with Crippen molar-refractivity contribution in [2.24, 2.45) is 5.41 Å². The molecule has 0 aromatic carbocycles. The zero-order valence-corrected chi connectivity index (χ0v) is 13.7. The molecule has 1 fully saturated rings. The van der Waals surface area contributed by atoms with Gasteiger partial charge < -0.3 is 10.2 Å². The van der Waals surface area contributed by atoms with Gasteiger partial charge in [0.25, 0.3) is 0 Å². The molecule has 118 valence electrons. The average Bonchev–Trinajstić information content (AvgIpc) is 2.46. The van der Waals surface area contributed by atoms with Gasteiger partial charge in [-0.3, -0.25) is 4.79 Å². The van der Waals surface area contributed by atoms with E-state index in [1.807, 2.05) is 19.1 Å². The Kier molecular flexibility index (Phi) is 3.75. The first-order valence-corrected chi connectivity index (χ1v) is 8.26. The number of aryl methyl sites for hydroxylation is 1. The molecule has 1 saturated carbocycles. The summed E-state index contributed by atoms with van der Waals surface area (Å²) in [6, 6.07) is 5.70. The summed E-state index contributed by atoms with van der Waals surface area (Å²) in [6.07, 6.45) is 5.46. The molecule has 3 nitrogen and oxygen atoms in total. The van der Waals surface area contributed by atoms with Crippen LogP contribution < -0.4 is 11.2 Å². The minimum Gasteiger partial charge on any atom is -0.441 e. The van der Waals surface area contributed by atoms with Crippen molar-refractivity contribution in [3.63, 3.8) is 0 Å². The van der Waals surface area contributed by atoms with Crippen molar-refractivity contribution >= 4 is 5.88 Å². The second-order valence-corrected chi connectivity index (χ2v) is 7.36. The summed E-state index contributed by atoms with van der Waals surface area (Å²) in [5.74, 6) is 1.52. The Morgan fingerprint density at radius 2 is 1.91 bits per heavy atom. The molecule has 0 spiro atoms. The Hall–Kier alpha value is -1.77. The fourth-order valence-corrected chi connectivity index (χ4v) is 3.52. The third-order valence-electron chi connectivity index (χ3n) is 5.17. The van der Waals surface area contributed by atoms with E-state index in [4.69, 9.17) is 10.2 Å². The summed E-state index contributed by atoms with van der Waals surface area (Å²) in [6.45, 7) is 6.66. The molecule has 22 heavy (non-hydrogen) atoms. The number of nitrogen functional groups attached to an aromatic ring is 1. The largest absolute Gasteiger partial charge is 0.441 e. The lowest BCUT2D eigenvalue weighted by molar-refractivity contribution is 0.224. The van der Waals surface area contributed by atoms with Crippen LogP contribution >= 0.6 is 0 Å². The zero-order valence-electron chi connectivity index (χ0n) is 13.7. The molecule has 0 radical (unpaired) electrons. The molecule has 2 aliphatic carbocycles. The van der Waals surface area contributed by atoms with E-state index in [0.29, 0.717) is 28.5 Å². The van der Waals surface area contributed by atoms with Crippen LogP contribution in [0.4, 0.5) is 5.88 Å². The van der Waals surface area contributed by atoms with Gasteiger partial charge in [0.1, 0.15) is 5.76 Å². The number of benzene rings is 1. The number of hydrogen-bond donors (Lipinski definition) is 1. The predicted molar refractivity (Wildman–Crippen MR) is 90.4 cm³/mol. The van der Waals surface area contributed by atoms with E-state index in [2.05, 4.69) is 13.8 Å². The highest BCUT2D eigenvalue weighted by Crippen LogP contribution is 2.43. The van der Waals surface area contributed by atoms with E-state index in [9.17, 15) is 4.79 Å². The normalized spacial score (nSPS) is 18.7. The second-order valence-electron chi connectivity index (χ2n) is 7.36. The van der Waals surface area contributed by atoms with Gasteiger partial charge in [0, 0.05) is 5.56 Å². The minimum absolute atomic E-state index is 0.0517. The maximum atomic E-state index is 12.4. The summed E-state index contributed by atoms with van der Waals surface area (Å²) in [7, 11) is 0. The third kappa shape index (κ3) is 2.77. The van der Waals surface area contributed by atoms with Gasteiger partial charge in [0.05, 0.1) is 5.56 Å². The van der Waals surface area contributed by atoms with Crippen LogP contribution in [0.15, 0.2) is 27.4 Å². The van der Waals surface area contributed by atoms with E-state index in [-0.39, 0.29) is 5.43 Å². The highest BCUT2D eigenvalue weighted by atomic mass is 16.3. The first-order valence-electron chi connectivity index (χ1n) is 8.26. The topological polar surface area (TPSA) is 56.2 Å². The van der Waals surface area contributed by atoms with Crippen LogP contribution in [0.3, 0.4) is 0 Å². The summed E-state index contributed by atoms with van der Waals surface area (Å²) < 4.78 is 5.71. The van der Waals surface area contributed by atoms with Crippen molar-refractivity contribution in [2.75, 3.05) is 5.73 Å². The zero-order chi connectivity index (χ0) is 15.9. The fourth-order valence-electron chi connectivity index (χ4n) is 3.52. The Labute approximate surface area is 131 Å². The van der Waals surface area contributed by atoms with E-state index in [0.717, 1.165) is 30.4 Å². The van der Waals surface area contributed by atoms with Crippen LogP contribution in [0, 0.1) is 5.41 Å². The summed E-state index contributed by atoms with van der Waals surface area (Å²) in [5.41, 5.74) is 9.08. The second kappa shape index (κ2) is 5.45. The molecule has 2 N–H and O–H groups in total. The van der Waals surface area contributed by atoms with Gasteiger partial charge in [-0.25, -0.2) is 0 Å². The first-order chi connectivity index (χ1) is 10.4. The van der Waals surface area contributed by atoms with Gasteiger partial charge in [-0.05, 0) is 67.2 Å². The summed E-state index contributed by atoms with van der Waals surface area (Å²) >= 11 is 0. The number of rotatable bonds is 2. The molecule has 3 aliphatic rings. The van der Waals surface area contributed by atoms with E-state index < -0.39 is 0 Å². The van der Waals surface area contributed by atoms with Crippen LogP contribution in [0.1, 0.15) is 63.5 Å². The molecule has 0 atom stereocenters. The van der Waals surface area contributed by atoms with Crippen molar-refractivity contribution in [1.82, 2.24) is 0 Å². The van der Waals surface area contributed by atoms with Crippen molar-refractivity contribution < 1.29 is 4.42 Å². The van der Waals surface area contributed by atoms with Crippen molar-refractivity contribution in [2.45, 2.75) is 58.8 Å². The lowest BCUT2D eigenvalue weighted by Crippen LogP contribution is -2.21. The SMILES string of the molecule is CCc1cc2c(=O)cc(C3CCC(C)(C)CC3)cc-2oc1N. The van der Waals surface area contributed by atoms with E-state index in [1.165, 1.54) is 12.8 Å². The van der Waals surface area contributed by atoms with Gasteiger partial charge in [0.15, 0.2) is 11.3 Å². The Morgan fingerprint density at radius 1 is 1.23 bits per heavy atom. The van der Waals surface area contributed by atoms with Gasteiger partial charge in [-0.15, -0.1) is 0 Å². The lowest BCUT2D eigenvalue weighted by Gasteiger charge is -2.34. The lowest BCUT2D eigenvalue weighted by atomic mass is 9.71. The molecule has 0 amide bonds. The predicted octanol–water partition coefficient (Wildman–Crippen LogP) is 4.57. The Morgan fingerprint density at radius 3 is 2.55 bits per heavy atom. The van der Waals surface area contributed by atoms with Crippen LogP contribution in [-0.4, -0.2) is 0 Å².